The van der Waals surface area contributed by atoms with Gasteiger partial charge in [0, 0.05) is 0 Å². The van der Waals surface area contributed by atoms with Gasteiger partial charge in [-0.05, 0) is 45.0 Å². The second-order valence-electron chi connectivity index (χ2n) is 3.90. The highest BCUT2D eigenvalue weighted by atomic mass is 35.5. The van der Waals surface area contributed by atoms with E-state index in [4.69, 9.17) is 21.1 Å². The Morgan fingerprint density at radius 2 is 1.67 bits per heavy atom. The standard InChI is InChI=1S/C12H17ClO2/c1-4-14-10-5-7-11(8-6-10)15-12(2,3)9-13/h5-8H,4,9H2,1-3H3. The lowest BCUT2D eigenvalue weighted by Gasteiger charge is -2.23. The summed E-state index contributed by atoms with van der Waals surface area (Å²) in [6, 6.07) is 7.56. The smallest absolute Gasteiger partial charge is 0.120 e. The van der Waals surface area contributed by atoms with Crippen molar-refractivity contribution in [2.24, 2.45) is 0 Å². The average Bonchev–Trinajstić information content (AvgIpc) is 2.21. The van der Waals surface area contributed by atoms with Crippen LogP contribution in [0, 0.1) is 0 Å². The first-order valence-corrected chi connectivity index (χ1v) is 5.58. The minimum absolute atomic E-state index is 0.339. The topological polar surface area (TPSA) is 18.5 Å². The summed E-state index contributed by atoms with van der Waals surface area (Å²) in [6.07, 6.45) is 0. The SMILES string of the molecule is CCOc1ccc(OC(C)(C)CCl)cc1. The third-order valence-electron chi connectivity index (χ3n) is 1.85. The zero-order valence-electron chi connectivity index (χ0n) is 9.42. The van der Waals surface area contributed by atoms with E-state index in [0.29, 0.717) is 12.5 Å². The Morgan fingerprint density at radius 3 is 2.13 bits per heavy atom. The third-order valence-corrected chi connectivity index (χ3v) is 2.49. The highest BCUT2D eigenvalue weighted by molar-refractivity contribution is 6.18. The Labute approximate surface area is 96.2 Å². The fourth-order valence-corrected chi connectivity index (χ4v) is 1.17. The number of benzene rings is 1. The van der Waals surface area contributed by atoms with Crippen molar-refractivity contribution in [3.05, 3.63) is 24.3 Å². The van der Waals surface area contributed by atoms with Crippen molar-refractivity contribution in [1.82, 2.24) is 0 Å². The Balaban J connectivity index is 2.64. The van der Waals surface area contributed by atoms with Gasteiger partial charge in [-0.3, -0.25) is 0 Å². The Kier molecular flexibility index (Phi) is 4.28. The van der Waals surface area contributed by atoms with E-state index < -0.39 is 0 Å². The fraction of sp³-hybridized carbons (Fsp3) is 0.500. The molecule has 0 atom stereocenters. The van der Waals surface area contributed by atoms with Crippen molar-refractivity contribution < 1.29 is 9.47 Å². The van der Waals surface area contributed by atoms with Gasteiger partial charge in [0.1, 0.15) is 17.1 Å². The van der Waals surface area contributed by atoms with Crippen molar-refractivity contribution in [3.8, 4) is 11.5 Å². The molecule has 0 aliphatic carbocycles. The van der Waals surface area contributed by atoms with Crippen LogP contribution in [0.3, 0.4) is 0 Å². The molecule has 0 aliphatic rings. The molecule has 0 radical (unpaired) electrons. The molecule has 2 nitrogen and oxygen atoms in total. The molecule has 3 heteroatoms. The van der Waals surface area contributed by atoms with Gasteiger partial charge in [-0.2, -0.15) is 0 Å². The quantitative estimate of drug-likeness (QED) is 0.719. The summed E-state index contributed by atoms with van der Waals surface area (Å²) in [5.41, 5.74) is -0.339. The summed E-state index contributed by atoms with van der Waals surface area (Å²) < 4.78 is 11.0. The summed E-state index contributed by atoms with van der Waals surface area (Å²) in [7, 11) is 0. The number of halogens is 1. The van der Waals surface area contributed by atoms with Crippen molar-refractivity contribution in [3.63, 3.8) is 0 Å². The highest BCUT2D eigenvalue weighted by Crippen LogP contribution is 2.22. The van der Waals surface area contributed by atoms with Crippen LogP contribution in [0.25, 0.3) is 0 Å². The van der Waals surface area contributed by atoms with Gasteiger partial charge >= 0.3 is 0 Å². The molecule has 1 rings (SSSR count). The van der Waals surface area contributed by atoms with Crippen LogP contribution in [0.4, 0.5) is 0 Å². The first-order valence-electron chi connectivity index (χ1n) is 5.05. The summed E-state index contributed by atoms with van der Waals surface area (Å²) in [6.45, 7) is 6.54. The predicted molar refractivity (Wildman–Crippen MR) is 63.0 cm³/mol. The Morgan fingerprint density at radius 1 is 1.13 bits per heavy atom. The third kappa shape index (κ3) is 4.00. The van der Waals surface area contributed by atoms with Gasteiger partial charge in [0.25, 0.3) is 0 Å². The molecule has 0 unspecified atom stereocenters. The molecular weight excluding hydrogens is 212 g/mol. The normalized spacial score (nSPS) is 11.2. The van der Waals surface area contributed by atoms with Crippen LogP contribution in [0.2, 0.25) is 0 Å². The molecule has 0 amide bonds. The van der Waals surface area contributed by atoms with Crippen LogP contribution in [0.5, 0.6) is 11.5 Å². The Hall–Kier alpha value is -0.890. The molecule has 84 valence electrons. The summed E-state index contributed by atoms with van der Waals surface area (Å²) >= 11 is 5.77. The lowest BCUT2D eigenvalue weighted by Crippen LogP contribution is -2.30. The molecule has 15 heavy (non-hydrogen) atoms. The molecule has 0 fully saturated rings. The van der Waals surface area contributed by atoms with E-state index in [2.05, 4.69) is 0 Å². The number of rotatable bonds is 5. The highest BCUT2D eigenvalue weighted by Gasteiger charge is 2.17. The maximum Gasteiger partial charge on any atom is 0.120 e. The van der Waals surface area contributed by atoms with Gasteiger partial charge in [-0.15, -0.1) is 11.6 Å². The maximum atomic E-state index is 5.77. The van der Waals surface area contributed by atoms with Crippen molar-refractivity contribution in [2.45, 2.75) is 26.4 Å². The number of hydrogen-bond donors (Lipinski definition) is 0. The van der Waals surface area contributed by atoms with Gasteiger partial charge in [-0.25, -0.2) is 0 Å². The minimum Gasteiger partial charge on any atom is -0.494 e. The van der Waals surface area contributed by atoms with E-state index in [9.17, 15) is 0 Å². The van der Waals surface area contributed by atoms with Gasteiger partial charge in [-0.1, -0.05) is 0 Å². The lowest BCUT2D eigenvalue weighted by molar-refractivity contribution is 0.134. The van der Waals surface area contributed by atoms with E-state index in [-0.39, 0.29) is 5.60 Å². The lowest BCUT2D eigenvalue weighted by atomic mass is 10.2. The number of ether oxygens (including phenoxy) is 2. The molecule has 0 heterocycles. The summed E-state index contributed by atoms with van der Waals surface area (Å²) in [4.78, 5) is 0. The predicted octanol–water partition coefficient (Wildman–Crippen LogP) is 3.48. The molecule has 1 aromatic rings. The fourth-order valence-electron chi connectivity index (χ4n) is 1.12. The van der Waals surface area contributed by atoms with Gasteiger partial charge < -0.3 is 9.47 Å². The number of alkyl halides is 1. The molecule has 0 spiro atoms. The number of hydrogen-bond acceptors (Lipinski definition) is 2. The van der Waals surface area contributed by atoms with Crippen LogP contribution in [-0.2, 0) is 0 Å². The van der Waals surface area contributed by atoms with Crippen LogP contribution in [-0.4, -0.2) is 18.1 Å². The molecular formula is C12H17ClO2. The van der Waals surface area contributed by atoms with Crippen molar-refractivity contribution in [1.29, 1.82) is 0 Å². The van der Waals surface area contributed by atoms with E-state index in [1.165, 1.54) is 0 Å². The summed E-state index contributed by atoms with van der Waals surface area (Å²) in [5.74, 6) is 2.12. The zero-order chi connectivity index (χ0) is 11.3. The molecule has 0 saturated heterocycles. The molecule has 0 aromatic heterocycles. The largest absolute Gasteiger partial charge is 0.494 e. The maximum absolute atomic E-state index is 5.77. The molecule has 0 saturated carbocycles. The first-order chi connectivity index (χ1) is 7.07. The van der Waals surface area contributed by atoms with E-state index in [1.807, 2.05) is 45.0 Å². The van der Waals surface area contributed by atoms with E-state index in [0.717, 1.165) is 11.5 Å². The minimum atomic E-state index is -0.339. The van der Waals surface area contributed by atoms with Gasteiger partial charge in [0.05, 0.1) is 12.5 Å². The monoisotopic (exact) mass is 228 g/mol. The van der Waals surface area contributed by atoms with Crippen molar-refractivity contribution >= 4 is 11.6 Å². The van der Waals surface area contributed by atoms with E-state index >= 15 is 0 Å². The summed E-state index contributed by atoms with van der Waals surface area (Å²) in [5, 5.41) is 0. The second-order valence-corrected chi connectivity index (χ2v) is 4.17. The molecule has 1 aromatic carbocycles. The second kappa shape index (κ2) is 5.26. The first kappa shape index (κ1) is 12.2. The van der Waals surface area contributed by atoms with Crippen LogP contribution >= 0.6 is 11.6 Å². The van der Waals surface area contributed by atoms with Gasteiger partial charge in [0.15, 0.2) is 0 Å². The van der Waals surface area contributed by atoms with Crippen LogP contribution < -0.4 is 9.47 Å². The van der Waals surface area contributed by atoms with Crippen molar-refractivity contribution in [2.75, 3.05) is 12.5 Å². The average molecular weight is 229 g/mol. The molecule has 0 N–H and O–H groups in total. The Bertz CT molecular complexity index is 293. The van der Waals surface area contributed by atoms with E-state index in [1.54, 1.807) is 0 Å². The van der Waals surface area contributed by atoms with Crippen LogP contribution in [0.1, 0.15) is 20.8 Å². The van der Waals surface area contributed by atoms with Gasteiger partial charge in [0.2, 0.25) is 0 Å². The van der Waals surface area contributed by atoms with Crippen LogP contribution in [0.15, 0.2) is 24.3 Å². The zero-order valence-corrected chi connectivity index (χ0v) is 10.2. The molecule has 0 bridgehead atoms. The molecule has 0 aliphatic heterocycles.